The van der Waals surface area contributed by atoms with E-state index in [-0.39, 0.29) is 0 Å². The number of benzene rings is 1. The Morgan fingerprint density at radius 1 is 1.38 bits per heavy atom. The zero-order valence-corrected chi connectivity index (χ0v) is 12.6. The van der Waals surface area contributed by atoms with E-state index in [1.807, 2.05) is 12.1 Å². The van der Waals surface area contributed by atoms with E-state index in [0.717, 1.165) is 54.8 Å². The monoisotopic (exact) mass is 285 g/mol. The van der Waals surface area contributed by atoms with Gasteiger partial charge in [0.25, 0.3) is 0 Å². The summed E-state index contributed by atoms with van der Waals surface area (Å²) < 4.78 is 5.77. The minimum atomic E-state index is 0.323. The van der Waals surface area contributed by atoms with Gasteiger partial charge in [-0.2, -0.15) is 0 Å². The fourth-order valence-corrected chi connectivity index (χ4v) is 2.97. The summed E-state index contributed by atoms with van der Waals surface area (Å²) in [5.41, 5.74) is 8.07. The maximum absolute atomic E-state index is 5.94. The lowest BCUT2D eigenvalue weighted by Crippen LogP contribution is -2.33. The Kier molecular flexibility index (Phi) is 4.36. The first-order valence-electron chi connectivity index (χ1n) is 7.77. The van der Waals surface area contributed by atoms with Crippen LogP contribution in [0.15, 0.2) is 30.3 Å². The van der Waals surface area contributed by atoms with Crippen LogP contribution in [-0.4, -0.2) is 30.8 Å². The number of hydrogen-bond acceptors (Lipinski definition) is 4. The van der Waals surface area contributed by atoms with Crippen molar-refractivity contribution in [2.45, 2.75) is 32.4 Å². The number of aromatic nitrogens is 1. The summed E-state index contributed by atoms with van der Waals surface area (Å²) in [6.45, 7) is 5.37. The van der Waals surface area contributed by atoms with E-state index in [1.165, 1.54) is 0 Å². The summed E-state index contributed by atoms with van der Waals surface area (Å²) in [6.07, 6.45) is 2.63. The minimum Gasteiger partial charge on any atom is -0.376 e. The van der Waals surface area contributed by atoms with Crippen LogP contribution in [0.25, 0.3) is 10.9 Å². The average Bonchev–Trinajstić information content (AvgIpc) is 3.04. The molecule has 2 heterocycles. The highest BCUT2D eigenvalue weighted by atomic mass is 16.5. The molecule has 21 heavy (non-hydrogen) atoms. The Labute approximate surface area is 125 Å². The number of anilines is 1. The second-order valence-corrected chi connectivity index (χ2v) is 5.54. The van der Waals surface area contributed by atoms with Crippen molar-refractivity contribution in [1.29, 1.82) is 0 Å². The highest BCUT2D eigenvalue weighted by Gasteiger charge is 2.21. The zero-order valence-electron chi connectivity index (χ0n) is 12.6. The van der Waals surface area contributed by atoms with Gasteiger partial charge in [-0.05, 0) is 31.9 Å². The van der Waals surface area contributed by atoms with Crippen LogP contribution in [0.1, 0.15) is 25.3 Å². The number of nitrogens with zero attached hydrogens (tertiary/aromatic N) is 2. The Morgan fingerprint density at radius 2 is 2.24 bits per heavy atom. The fraction of sp³-hybridized carbons (Fsp3) is 0.471. The van der Waals surface area contributed by atoms with Crippen LogP contribution >= 0.6 is 0 Å². The van der Waals surface area contributed by atoms with Crippen LogP contribution in [0.3, 0.4) is 0 Å². The highest BCUT2D eigenvalue weighted by Crippen LogP contribution is 2.25. The van der Waals surface area contributed by atoms with Crippen LogP contribution in [0, 0.1) is 0 Å². The van der Waals surface area contributed by atoms with Gasteiger partial charge in [0.15, 0.2) is 0 Å². The molecule has 0 amide bonds. The van der Waals surface area contributed by atoms with E-state index in [9.17, 15) is 0 Å². The molecule has 0 bridgehead atoms. The molecular formula is C17H23N3O. The Morgan fingerprint density at radius 3 is 2.95 bits per heavy atom. The molecule has 2 N–H and O–H groups in total. The molecule has 1 atom stereocenters. The number of likely N-dealkylation sites (N-methyl/N-ethyl adjacent to an activating group) is 1. The zero-order chi connectivity index (χ0) is 14.7. The molecule has 1 aromatic carbocycles. The molecule has 1 unspecified atom stereocenters. The first-order valence-corrected chi connectivity index (χ1v) is 7.77. The molecule has 0 aliphatic carbocycles. The van der Waals surface area contributed by atoms with Crippen molar-refractivity contribution >= 4 is 16.7 Å². The van der Waals surface area contributed by atoms with E-state index in [2.05, 4.69) is 30.0 Å². The van der Waals surface area contributed by atoms with Crippen molar-refractivity contribution in [3.8, 4) is 0 Å². The first kappa shape index (κ1) is 14.3. The van der Waals surface area contributed by atoms with Crippen LogP contribution in [-0.2, 0) is 11.3 Å². The third-order valence-electron chi connectivity index (χ3n) is 4.13. The summed E-state index contributed by atoms with van der Waals surface area (Å²) in [5.74, 6) is 1.01. The summed E-state index contributed by atoms with van der Waals surface area (Å²) in [6, 6.07) is 10.4. The van der Waals surface area contributed by atoms with Crippen LogP contribution in [0.2, 0.25) is 0 Å². The molecule has 0 radical (unpaired) electrons. The van der Waals surface area contributed by atoms with Gasteiger partial charge in [-0.3, -0.25) is 0 Å². The summed E-state index contributed by atoms with van der Waals surface area (Å²) in [4.78, 5) is 7.15. The van der Waals surface area contributed by atoms with Crippen molar-refractivity contribution in [3.63, 3.8) is 0 Å². The fourth-order valence-electron chi connectivity index (χ4n) is 2.97. The molecular weight excluding hydrogens is 262 g/mol. The van der Waals surface area contributed by atoms with Gasteiger partial charge < -0.3 is 15.4 Å². The van der Waals surface area contributed by atoms with Gasteiger partial charge in [-0.15, -0.1) is 0 Å². The summed E-state index contributed by atoms with van der Waals surface area (Å²) >= 11 is 0. The van der Waals surface area contributed by atoms with Crippen molar-refractivity contribution in [3.05, 3.63) is 35.9 Å². The molecule has 112 valence electrons. The van der Waals surface area contributed by atoms with Gasteiger partial charge in [0, 0.05) is 37.2 Å². The molecule has 1 aromatic heterocycles. The van der Waals surface area contributed by atoms with E-state index in [1.54, 1.807) is 0 Å². The quantitative estimate of drug-likeness (QED) is 0.917. The smallest absolute Gasteiger partial charge is 0.133 e. The number of hydrogen-bond donors (Lipinski definition) is 1. The summed E-state index contributed by atoms with van der Waals surface area (Å²) in [7, 11) is 0. The van der Waals surface area contributed by atoms with Gasteiger partial charge in [-0.1, -0.05) is 18.2 Å². The van der Waals surface area contributed by atoms with Crippen molar-refractivity contribution in [2.75, 3.05) is 24.6 Å². The number of para-hydroxylation sites is 1. The van der Waals surface area contributed by atoms with Gasteiger partial charge in [0.2, 0.25) is 0 Å². The topological polar surface area (TPSA) is 51.4 Å². The predicted octanol–water partition coefficient (Wildman–Crippen LogP) is 2.70. The van der Waals surface area contributed by atoms with E-state index in [4.69, 9.17) is 15.5 Å². The van der Waals surface area contributed by atoms with E-state index in [0.29, 0.717) is 12.6 Å². The molecule has 1 saturated heterocycles. The molecule has 2 aromatic rings. The van der Waals surface area contributed by atoms with Crippen LogP contribution in [0.4, 0.5) is 5.82 Å². The maximum atomic E-state index is 5.94. The lowest BCUT2D eigenvalue weighted by atomic mass is 10.1. The first-order chi connectivity index (χ1) is 10.3. The SMILES string of the molecule is CCN(CC1CCCO1)c1nc2ccccc2cc1CN. The summed E-state index contributed by atoms with van der Waals surface area (Å²) in [5, 5.41) is 1.15. The largest absolute Gasteiger partial charge is 0.376 e. The van der Waals surface area contributed by atoms with Crippen molar-refractivity contribution < 1.29 is 4.74 Å². The van der Waals surface area contributed by atoms with Crippen molar-refractivity contribution in [1.82, 2.24) is 4.98 Å². The Balaban J connectivity index is 1.95. The second kappa shape index (κ2) is 6.41. The molecule has 0 spiro atoms. The van der Waals surface area contributed by atoms with Gasteiger partial charge >= 0.3 is 0 Å². The lowest BCUT2D eigenvalue weighted by molar-refractivity contribution is 0.115. The number of nitrogens with two attached hydrogens (primary N) is 1. The molecule has 3 rings (SSSR count). The van der Waals surface area contributed by atoms with Gasteiger partial charge in [0.05, 0.1) is 11.6 Å². The van der Waals surface area contributed by atoms with E-state index < -0.39 is 0 Å². The molecule has 4 nitrogen and oxygen atoms in total. The Bertz CT molecular complexity index is 608. The molecule has 0 saturated carbocycles. The highest BCUT2D eigenvalue weighted by molar-refractivity contribution is 5.81. The van der Waals surface area contributed by atoms with Crippen LogP contribution < -0.4 is 10.6 Å². The lowest BCUT2D eigenvalue weighted by Gasteiger charge is -2.27. The van der Waals surface area contributed by atoms with Crippen LogP contribution in [0.5, 0.6) is 0 Å². The maximum Gasteiger partial charge on any atom is 0.133 e. The molecule has 4 heteroatoms. The number of rotatable bonds is 5. The number of pyridine rings is 1. The standard InChI is InChI=1S/C17H23N3O/c1-2-20(12-15-7-5-9-21-15)17-14(11-18)10-13-6-3-4-8-16(13)19-17/h3-4,6,8,10,15H,2,5,7,9,11-12,18H2,1H3. The molecule has 1 fully saturated rings. The van der Waals surface area contributed by atoms with Crippen molar-refractivity contribution in [2.24, 2.45) is 5.73 Å². The van der Waals surface area contributed by atoms with Gasteiger partial charge in [-0.25, -0.2) is 4.98 Å². The molecule has 1 aliphatic heterocycles. The van der Waals surface area contributed by atoms with E-state index >= 15 is 0 Å². The molecule has 1 aliphatic rings. The average molecular weight is 285 g/mol. The number of fused-ring (bicyclic) bond motifs is 1. The Hall–Kier alpha value is -1.65. The third kappa shape index (κ3) is 3.01. The van der Waals surface area contributed by atoms with Gasteiger partial charge in [0.1, 0.15) is 5.82 Å². The second-order valence-electron chi connectivity index (χ2n) is 5.54. The predicted molar refractivity (Wildman–Crippen MR) is 86.5 cm³/mol. The normalized spacial score (nSPS) is 18.3. The third-order valence-corrected chi connectivity index (χ3v) is 4.13. The number of ether oxygens (including phenoxy) is 1. The minimum absolute atomic E-state index is 0.323.